The highest BCUT2D eigenvalue weighted by atomic mass is 16.5. The number of rotatable bonds is 9. The van der Waals surface area contributed by atoms with Gasteiger partial charge in [-0.05, 0) is 50.2 Å². The molecule has 0 aliphatic carbocycles. The van der Waals surface area contributed by atoms with Crippen LogP contribution >= 0.6 is 0 Å². The van der Waals surface area contributed by atoms with Gasteiger partial charge in [-0.1, -0.05) is 0 Å². The molecule has 0 aromatic heterocycles. The number of hydrogen-bond acceptors (Lipinski definition) is 8. The highest BCUT2D eigenvalue weighted by Gasteiger charge is 2.47. The smallest absolute Gasteiger partial charge is 0.126 e. The third-order valence-electron chi connectivity index (χ3n) is 6.87. The number of aliphatic hydroxyl groups excluding tert-OH is 2. The molecule has 2 aliphatic rings. The molecule has 186 valence electrons. The van der Waals surface area contributed by atoms with Gasteiger partial charge in [0.05, 0.1) is 33.0 Å². The van der Waals surface area contributed by atoms with Crippen molar-refractivity contribution in [3.8, 4) is 23.0 Å². The molecule has 0 saturated heterocycles. The fourth-order valence-corrected chi connectivity index (χ4v) is 5.16. The molecule has 34 heavy (non-hydrogen) atoms. The Labute approximate surface area is 200 Å². The van der Waals surface area contributed by atoms with Crippen LogP contribution in [0.4, 0.5) is 0 Å². The van der Waals surface area contributed by atoms with Gasteiger partial charge in [0.1, 0.15) is 29.1 Å². The van der Waals surface area contributed by atoms with Gasteiger partial charge in [0.15, 0.2) is 0 Å². The summed E-state index contributed by atoms with van der Waals surface area (Å²) in [4.78, 5) is 0. The fraction of sp³-hybridized carbons (Fsp3) is 0.538. The van der Waals surface area contributed by atoms with Gasteiger partial charge >= 0.3 is 0 Å². The molecule has 8 nitrogen and oxygen atoms in total. The summed E-state index contributed by atoms with van der Waals surface area (Å²) in [5.74, 6) is 1.84. The Morgan fingerprint density at radius 3 is 2.50 bits per heavy atom. The molecule has 3 N–H and O–H groups in total. The normalized spacial score (nSPS) is 25.5. The molecule has 8 heteroatoms. The van der Waals surface area contributed by atoms with Crippen LogP contribution in [0.1, 0.15) is 41.7 Å². The molecule has 2 aromatic carbocycles. The molecule has 5 atom stereocenters. The van der Waals surface area contributed by atoms with E-state index in [1.807, 2.05) is 25.2 Å². The van der Waals surface area contributed by atoms with Gasteiger partial charge in [0.2, 0.25) is 0 Å². The summed E-state index contributed by atoms with van der Waals surface area (Å²) in [7, 11) is 6.75. The lowest BCUT2D eigenvalue weighted by Gasteiger charge is -2.44. The SMILES string of the molecule is CNCc1cc2c(cc1OC)C(O)C(C1COc3ccc(OC)cc3C1O)C(CCCOC)O2. The number of methoxy groups -OCH3 is 3. The molecule has 0 amide bonds. The minimum atomic E-state index is -0.857. The summed E-state index contributed by atoms with van der Waals surface area (Å²) in [5, 5.41) is 26.2. The minimum Gasteiger partial charge on any atom is -0.497 e. The first-order valence-electron chi connectivity index (χ1n) is 11.7. The van der Waals surface area contributed by atoms with Gasteiger partial charge in [0.25, 0.3) is 0 Å². The van der Waals surface area contributed by atoms with Crippen LogP contribution < -0.4 is 24.3 Å². The van der Waals surface area contributed by atoms with Crippen LogP contribution in [0, 0.1) is 11.8 Å². The van der Waals surface area contributed by atoms with Crippen molar-refractivity contribution in [2.45, 2.75) is 37.7 Å². The Hall–Kier alpha value is -2.52. The number of benzene rings is 2. The van der Waals surface area contributed by atoms with Crippen molar-refractivity contribution in [2.24, 2.45) is 11.8 Å². The number of hydrogen-bond donors (Lipinski definition) is 3. The van der Waals surface area contributed by atoms with E-state index in [9.17, 15) is 10.2 Å². The first-order chi connectivity index (χ1) is 16.5. The van der Waals surface area contributed by atoms with Crippen LogP contribution in [0.5, 0.6) is 23.0 Å². The second-order valence-electron chi connectivity index (χ2n) is 8.87. The van der Waals surface area contributed by atoms with Crippen LogP contribution in [-0.2, 0) is 11.3 Å². The van der Waals surface area contributed by atoms with Crippen molar-refractivity contribution in [3.05, 3.63) is 47.0 Å². The van der Waals surface area contributed by atoms with E-state index >= 15 is 0 Å². The van der Waals surface area contributed by atoms with Crippen LogP contribution in [0.3, 0.4) is 0 Å². The van der Waals surface area contributed by atoms with Crippen molar-refractivity contribution >= 4 is 0 Å². The summed E-state index contributed by atoms with van der Waals surface area (Å²) < 4.78 is 28.7. The van der Waals surface area contributed by atoms with Gasteiger partial charge in [-0.3, -0.25) is 0 Å². The van der Waals surface area contributed by atoms with E-state index in [0.717, 1.165) is 12.0 Å². The van der Waals surface area contributed by atoms with Gasteiger partial charge in [-0.25, -0.2) is 0 Å². The Morgan fingerprint density at radius 2 is 1.79 bits per heavy atom. The Morgan fingerprint density at radius 1 is 1.00 bits per heavy atom. The zero-order valence-corrected chi connectivity index (χ0v) is 20.2. The predicted molar refractivity (Wildman–Crippen MR) is 127 cm³/mol. The molecule has 0 saturated carbocycles. The van der Waals surface area contributed by atoms with E-state index < -0.39 is 18.1 Å². The maximum Gasteiger partial charge on any atom is 0.126 e. The molecule has 0 radical (unpaired) electrons. The lowest BCUT2D eigenvalue weighted by Crippen LogP contribution is -2.46. The number of fused-ring (bicyclic) bond motifs is 2. The van der Waals surface area contributed by atoms with Crippen molar-refractivity contribution in [1.29, 1.82) is 0 Å². The second-order valence-corrected chi connectivity index (χ2v) is 8.87. The lowest BCUT2D eigenvalue weighted by molar-refractivity contribution is -0.0888. The van der Waals surface area contributed by atoms with E-state index in [1.165, 1.54) is 0 Å². The van der Waals surface area contributed by atoms with Crippen molar-refractivity contribution < 1.29 is 33.9 Å². The zero-order chi connectivity index (χ0) is 24.2. The number of nitrogens with one attached hydrogen (secondary N) is 1. The monoisotopic (exact) mass is 473 g/mol. The predicted octanol–water partition coefficient (Wildman–Crippen LogP) is 3.00. The quantitative estimate of drug-likeness (QED) is 0.478. The van der Waals surface area contributed by atoms with E-state index in [2.05, 4.69) is 5.32 Å². The number of aliphatic hydroxyl groups is 2. The van der Waals surface area contributed by atoms with Crippen molar-refractivity contribution in [1.82, 2.24) is 5.32 Å². The van der Waals surface area contributed by atoms with Gasteiger partial charge in [0, 0.05) is 48.8 Å². The molecule has 0 spiro atoms. The largest absolute Gasteiger partial charge is 0.497 e. The summed E-state index contributed by atoms with van der Waals surface area (Å²) in [6, 6.07) is 9.19. The van der Waals surface area contributed by atoms with Gasteiger partial charge in [-0.2, -0.15) is 0 Å². The van der Waals surface area contributed by atoms with Crippen molar-refractivity contribution in [3.63, 3.8) is 0 Å². The molecular weight excluding hydrogens is 438 g/mol. The maximum absolute atomic E-state index is 11.6. The third-order valence-corrected chi connectivity index (χ3v) is 6.87. The summed E-state index contributed by atoms with van der Waals surface area (Å²) in [5.41, 5.74) is 2.27. The Bertz CT molecular complexity index is 982. The average Bonchev–Trinajstić information content (AvgIpc) is 2.85. The van der Waals surface area contributed by atoms with Crippen LogP contribution in [0.15, 0.2) is 30.3 Å². The Balaban J connectivity index is 1.71. The fourth-order valence-electron chi connectivity index (χ4n) is 5.16. The molecule has 0 bridgehead atoms. The van der Waals surface area contributed by atoms with E-state index in [-0.39, 0.29) is 18.6 Å². The first kappa shape index (κ1) is 24.6. The van der Waals surface area contributed by atoms with Gasteiger partial charge in [-0.15, -0.1) is 0 Å². The van der Waals surface area contributed by atoms with Crippen molar-refractivity contribution in [2.75, 3.05) is 41.6 Å². The van der Waals surface area contributed by atoms with E-state index in [0.29, 0.717) is 53.7 Å². The molecule has 5 unspecified atom stereocenters. The van der Waals surface area contributed by atoms with E-state index in [1.54, 1.807) is 33.5 Å². The lowest BCUT2D eigenvalue weighted by atomic mass is 9.73. The molecule has 2 aliphatic heterocycles. The molecule has 2 heterocycles. The average molecular weight is 474 g/mol. The van der Waals surface area contributed by atoms with Gasteiger partial charge < -0.3 is 39.2 Å². The third kappa shape index (κ3) is 4.68. The molecule has 4 rings (SSSR count). The van der Waals surface area contributed by atoms with E-state index in [4.69, 9.17) is 23.7 Å². The highest BCUT2D eigenvalue weighted by molar-refractivity contribution is 5.49. The topological polar surface area (TPSA) is 98.6 Å². The number of ether oxygens (including phenoxy) is 5. The molecule has 0 fully saturated rings. The molecule has 2 aromatic rings. The van der Waals surface area contributed by atoms with Crippen LogP contribution in [0.25, 0.3) is 0 Å². The summed E-state index contributed by atoms with van der Waals surface area (Å²) in [6.07, 6.45) is -0.559. The zero-order valence-electron chi connectivity index (χ0n) is 20.2. The highest BCUT2D eigenvalue weighted by Crippen LogP contribution is 2.50. The summed E-state index contributed by atoms with van der Waals surface area (Å²) in [6.45, 7) is 1.48. The minimum absolute atomic E-state index is 0.274. The van der Waals surface area contributed by atoms with Crippen LogP contribution in [-0.4, -0.2) is 57.9 Å². The summed E-state index contributed by atoms with van der Waals surface area (Å²) >= 11 is 0. The first-order valence-corrected chi connectivity index (χ1v) is 11.7. The molecular formula is C26H35NO7. The second kappa shape index (κ2) is 10.8. The maximum atomic E-state index is 11.6. The standard InChI is InChI=1S/C26H35NO7/c1-27-13-15-10-23-18(12-22(15)32-4)26(29)24(21(34-23)6-5-9-30-2)19-14-33-20-8-7-16(31-3)11-17(20)25(19)28/h7-8,10-12,19,21,24-29H,5-6,9,13-14H2,1-4H3. The van der Waals surface area contributed by atoms with Crippen LogP contribution in [0.2, 0.25) is 0 Å². The Kier molecular flexibility index (Phi) is 7.83.